The third-order valence-electron chi connectivity index (χ3n) is 3.48. The molecule has 0 atom stereocenters. The lowest BCUT2D eigenvalue weighted by Gasteiger charge is -2.06. The van der Waals surface area contributed by atoms with Crippen LogP contribution in [-0.2, 0) is 6.54 Å². The van der Waals surface area contributed by atoms with Crippen molar-refractivity contribution in [2.75, 3.05) is 6.54 Å². The molecule has 3 heterocycles. The summed E-state index contributed by atoms with van der Waals surface area (Å²) in [5, 5.41) is 0. The molecule has 122 valence electrons. The van der Waals surface area contributed by atoms with Crippen molar-refractivity contribution >= 4 is 23.6 Å². The average Bonchev–Trinajstić information content (AvgIpc) is 2.97. The molecule has 0 saturated carbocycles. The van der Waals surface area contributed by atoms with Crippen LogP contribution >= 0.6 is 12.4 Å². The quantitative estimate of drug-likeness (QED) is 0.798. The summed E-state index contributed by atoms with van der Waals surface area (Å²) in [6.07, 6.45) is 5.40. The average molecular weight is 333 g/mol. The zero-order valence-corrected chi connectivity index (χ0v) is 14.3. The molecule has 0 amide bonds. The molecular weight excluding hydrogens is 312 g/mol. The van der Waals surface area contributed by atoms with Gasteiger partial charge >= 0.3 is 0 Å². The van der Waals surface area contributed by atoms with E-state index in [9.17, 15) is 0 Å². The number of halogens is 1. The van der Waals surface area contributed by atoms with Crippen molar-refractivity contribution in [3.05, 3.63) is 47.7 Å². The number of H-pyrrole nitrogens is 1. The molecule has 7 heteroatoms. The van der Waals surface area contributed by atoms with E-state index in [0.717, 1.165) is 28.0 Å². The van der Waals surface area contributed by atoms with E-state index < -0.39 is 0 Å². The second kappa shape index (κ2) is 7.37. The van der Waals surface area contributed by atoms with Gasteiger partial charge in [0, 0.05) is 24.9 Å². The van der Waals surface area contributed by atoms with Gasteiger partial charge in [0.2, 0.25) is 0 Å². The molecule has 0 unspecified atom stereocenters. The van der Waals surface area contributed by atoms with Crippen molar-refractivity contribution in [2.45, 2.75) is 33.2 Å². The van der Waals surface area contributed by atoms with Crippen LogP contribution in [0.5, 0.6) is 0 Å². The Kier molecular flexibility index (Phi) is 5.50. The Hall–Kier alpha value is -2.21. The van der Waals surface area contributed by atoms with E-state index in [-0.39, 0.29) is 12.4 Å². The Balaban J connectivity index is 0.00000192. The first-order chi connectivity index (χ1) is 10.7. The number of aromatic amines is 1. The van der Waals surface area contributed by atoms with Gasteiger partial charge in [-0.05, 0) is 24.6 Å². The van der Waals surface area contributed by atoms with Crippen LogP contribution < -0.4 is 5.49 Å². The topological polar surface area (TPSA) is 71.8 Å². The second-order valence-electron chi connectivity index (χ2n) is 5.50. The molecule has 0 fully saturated rings. The first-order valence-electron chi connectivity index (χ1n) is 7.53. The lowest BCUT2D eigenvalue weighted by atomic mass is 10.2. The first kappa shape index (κ1) is 17.1. The second-order valence-corrected chi connectivity index (χ2v) is 5.50. The minimum Gasteiger partial charge on any atom is -0.337 e. The zero-order valence-electron chi connectivity index (χ0n) is 13.5. The van der Waals surface area contributed by atoms with Crippen LogP contribution in [0.15, 0.2) is 35.8 Å². The number of nitrogens with one attached hydrogen (secondary N) is 1. The van der Waals surface area contributed by atoms with Crippen LogP contribution in [0.4, 0.5) is 0 Å². The van der Waals surface area contributed by atoms with Crippen molar-refractivity contribution in [3.8, 4) is 0 Å². The molecule has 0 bridgehead atoms. The Morgan fingerprint density at radius 3 is 2.65 bits per heavy atom. The summed E-state index contributed by atoms with van der Waals surface area (Å²) in [5.74, 6) is 1.29. The fraction of sp³-hybridized carbons (Fsp3) is 0.375. The van der Waals surface area contributed by atoms with Gasteiger partial charge in [-0.2, -0.15) is 0 Å². The molecule has 0 aliphatic carbocycles. The van der Waals surface area contributed by atoms with E-state index in [2.05, 4.69) is 33.8 Å². The molecule has 3 aromatic rings. The molecule has 0 saturated heterocycles. The SMILES string of the molecule is CCN=c1ncn(Cc2ccncc2)c2nc(C(C)C)[nH]c12.Cl. The number of nitrogens with zero attached hydrogens (tertiary/aromatic N) is 5. The smallest absolute Gasteiger partial charge is 0.176 e. The van der Waals surface area contributed by atoms with Gasteiger partial charge in [-0.3, -0.25) is 9.98 Å². The maximum Gasteiger partial charge on any atom is 0.176 e. The van der Waals surface area contributed by atoms with Crippen LogP contribution in [-0.4, -0.2) is 31.0 Å². The summed E-state index contributed by atoms with van der Waals surface area (Å²) < 4.78 is 2.04. The van der Waals surface area contributed by atoms with Crippen molar-refractivity contribution in [1.82, 2.24) is 24.5 Å². The summed E-state index contributed by atoms with van der Waals surface area (Å²) in [5.41, 5.74) is 3.69. The minimum absolute atomic E-state index is 0. The van der Waals surface area contributed by atoms with Crippen molar-refractivity contribution < 1.29 is 0 Å². The Labute approximate surface area is 141 Å². The molecule has 0 radical (unpaired) electrons. The highest BCUT2D eigenvalue weighted by atomic mass is 35.5. The molecule has 0 aromatic carbocycles. The predicted octanol–water partition coefficient (Wildman–Crippen LogP) is 2.67. The number of fused-ring (bicyclic) bond motifs is 1. The highest BCUT2D eigenvalue weighted by Gasteiger charge is 2.11. The van der Waals surface area contributed by atoms with Crippen molar-refractivity contribution in [1.29, 1.82) is 0 Å². The van der Waals surface area contributed by atoms with Gasteiger partial charge in [0.1, 0.15) is 11.3 Å². The lowest BCUT2D eigenvalue weighted by molar-refractivity contribution is 0.770. The van der Waals surface area contributed by atoms with E-state index >= 15 is 0 Å². The molecule has 1 N–H and O–H groups in total. The molecule has 3 aromatic heterocycles. The first-order valence-corrected chi connectivity index (χ1v) is 7.53. The minimum atomic E-state index is 0. The molecule has 23 heavy (non-hydrogen) atoms. The number of pyridine rings is 1. The van der Waals surface area contributed by atoms with Gasteiger partial charge in [-0.15, -0.1) is 12.4 Å². The number of hydrogen-bond donors (Lipinski definition) is 1. The monoisotopic (exact) mass is 332 g/mol. The van der Waals surface area contributed by atoms with E-state index in [1.54, 1.807) is 12.4 Å². The Morgan fingerprint density at radius 2 is 2.00 bits per heavy atom. The fourth-order valence-corrected chi connectivity index (χ4v) is 2.33. The van der Waals surface area contributed by atoms with E-state index in [4.69, 9.17) is 4.98 Å². The standard InChI is InChI=1S/C16H20N6.ClH/c1-4-18-15-13-16(21-14(20-13)11(2)3)22(10-19-15)9-12-5-7-17-8-6-12;/h5-8,10-11H,4,9H2,1-3H3,(H,20,21);1H. The number of imidazole rings is 1. The van der Waals surface area contributed by atoms with Gasteiger partial charge in [0.05, 0.1) is 12.9 Å². The van der Waals surface area contributed by atoms with Crippen molar-refractivity contribution in [2.24, 2.45) is 4.99 Å². The van der Waals surface area contributed by atoms with Gasteiger partial charge in [-0.25, -0.2) is 9.97 Å². The van der Waals surface area contributed by atoms with Gasteiger partial charge < -0.3 is 9.55 Å². The lowest BCUT2D eigenvalue weighted by Crippen LogP contribution is -2.15. The van der Waals surface area contributed by atoms with Crippen LogP contribution in [0.2, 0.25) is 0 Å². The largest absolute Gasteiger partial charge is 0.337 e. The normalized spacial score (nSPS) is 11.9. The Morgan fingerprint density at radius 1 is 1.26 bits per heavy atom. The summed E-state index contributed by atoms with van der Waals surface area (Å²) in [4.78, 5) is 21.1. The molecule has 3 rings (SSSR count). The maximum absolute atomic E-state index is 4.74. The maximum atomic E-state index is 4.74. The van der Waals surface area contributed by atoms with Crippen LogP contribution in [0, 0.1) is 0 Å². The number of aromatic nitrogens is 5. The summed E-state index contributed by atoms with van der Waals surface area (Å²) in [7, 11) is 0. The van der Waals surface area contributed by atoms with Crippen molar-refractivity contribution in [3.63, 3.8) is 0 Å². The highest BCUT2D eigenvalue weighted by Crippen LogP contribution is 2.15. The zero-order chi connectivity index (χ0) is 15.5. The molecule has 0 aliphatic heterocycles. The van der Waals surface area contributed by atoms with Gasteiger partial charge in [0.15, 0.2) is 11.1 Å². The third-order valence-corrected chi connectivity index (χ3v) is 3.48. The highest BCUT2D eigenvalue weighted by molar-refractivity contribution is 5.85. The van der Waals surface area contributed by atoms with E-state index in [1.807, 2.05) is 30.0 Å². The number of hydrogen-bond acceptors (Lipinski definition) is 4. The van der Waals surface area contributed by atoms with Crippen LogP contribution in [0.3, 0.4) is 0 Å². The molecule has 0 spiro atoms. The molecular formula is C16H21ClN6. The summed E-state index contributed by atoms with van der Waals surface area (Å²) in [6, 6.07) is 4.00. The van der Waals surface area contributed by atoms with Gasteiger partial charge in [0.25, 0.3) is 0 Å². The Bertz CT molecular complexity index is 835. The van der Waals surface area contributed by atoms with Gasteiger partial charge in [-0.1, -0.05) is 13.8 Å². The molecule has 6 nitrogen and oxygen atoms in total. The molecule has 0 aliphatic rings. The summed E-state index contributed by atoms with van der Waals surface area (Å²) in [6.45, 7) is 7.66. The fourth-order valence-electron chi connectivity index (χ4n) is 2.33. The number of rotatable bonds is 4. The van der Waals surface area contributed by atoms with E-state index in [1.165, 1.54) is 0 Å². The van der Waals surface area contributed by atoms with Crippen LogP contribution in [0.25, 0.3) is 11.2 Å². The van der Waals surface area contributed by atoms with Crippen LogP contribution in [0.1, 0.15) is 38.1 Å². The van der Waals surface area contributed by atoms with E-state index in [0.29, 0.717) is 19.0 Å². The third kappa shape index (κ3) is 3.59. The summed E-state index contributed by atoms with van der Waals surface area (Å²) >= 11 is 0. The predicted molar refractivity (Wildman–Crippen MR) is 92.7 cm³/mol.